The summed E-state index contributed by atoms with van der Waals surface area (Å²) in [6, 6.07) is -3.73. The number of H-pyrrole nitrogens is 2. The molecule has 3 aromatic rings. The second-order valence-electron chi connectivity index (χ2n) is 19.6. The number of nitrogens with zero attached hydrogens (tertiary/aromatic N) is 4. The highest BCUT2D eigenvalue weighted by molar-refractivity contribution is 5.98. The van der Waals surface area contributed by atoms with E-state index in [2.05, 4.69) is 62.1 Å². The molecule has 29 nitrogen and oxygen atoms in total. The van der Waals surface area contributed by atoms with Crippen LogP contribution < -0.4 is 60.2 Å². The number of rotatable bonds is 33. The lowest BCUT2D eigenvalue weighted by atomic mass is 9.99. The molecule has 0 spiro atoms. The largest absolute Gasteiger partial charge is 0.480 e. The highest BCUT2D eigenvalue weighted by atomic mass is 16.4. The van der Waals surface area contributed by atoms with Gasteiger partial charge in [-0.15, -0.1) is 0 Å². The minimum Gasteiger partial charge on any atom is -0.480 e. The van der Waals surface area contributed by atoms with Crippen LogP contribution in [0.4, 0.5) is 0 Å². The van der Waals surface area contributed by atoms with Crippen molar-refractivity contribution in [3.05, 3.63) is 72.3 Å². The monoisotopic (exact) mass is 1110 g/mol. The van der Waals surface area contributed by atoms with Gasteiger partial charge in [0.1, 0.15) is 48.3 Å². The van der Waals surface area contributed by atoms with Crippen LogP contribution in [0.5, 0.6) is 0 Å². The molecule has 2 aromatic heterocycles. The maximum atomic E-state index is 14.6. The molecule has 0 aliphatic carbocycles. The molecule has 1 fully saturated rings. The Labute approximate surface area is 456 Å². The van der Waals surface area contributed by atoms with Crippen molar-refractivity contribution in [2.24, 2.45) is 33.8 Å². The minimum absolute atomic E-state index is 0.0293. The smallest absolute Gasteiger partial charge is 0.326 e. The number of hydrogen-bond donors (Lipinski definition) is 16. The Kier molecular flexibility index (Phi) is 25.7. The van der Waals surface area contributed by atoms with Gasteiger partial charge < -0.3 is 90.3 Å². The summed E-state index contributed by atoms with van der Waals surface area (Å²) < 4.78 is 0. The fraction of sp³-hybridized carbons (Fsp3) is 0.560. The molecule has 0 saturated carbocycles. The average molecular weight is 1110 g/mol. The number of carboxylic acids is 1. The number of likely N-dealkylation sites (tertiary alicyclic amines) is 1. The van der Waals surface area contributed by atoms with Crippen molar-refractivity contribution in [1.29, 1.82) is 0 Å². The molecule has 1 aliphatic heterocycles. The molecule has 1 aliphatic rings. The van der Waals surface area contributed by atoms with E-state index >= 15 is 0 Å². The third kappa shape index (κ3) is 20.4. The van der Waals surface area contributed by atoms with Gasteiger partial charge >= 0.3 is 5.97 Å². The van der Waals surface area contributed by atoms with Gasteiger partial charge in [0, 0.05) is 56.1 Å². The molecule has 1 saturated heterocycles. The van der Waals surface area contributed by atoms with Crippen molar-refractivity contribution < 1.29 is 58.5 Å². The third-order valence-corrected chi connectivity index (χ3v) is 13.0. The van der Waals surface area contributed by atoms with Crippen LogP contribution in [0.25, 0.3) is 0 Å². The molecule has 20 N–H and O–H groups in total. The van der Waals surface area contributed by atoms with Gasteiger partial charge in [-0.3, -0.25) is 43.3 Å². The topological polar surface area (TPSA) is 476 Å². The summed E-state index contributed by atoms with van der Waals surface area (Å²) in [5, 5.41) is 48.5. The molecule has 3 heterocycles. The Morgan fingerprint density at radius 2 is 1.25 bits per heavy atom. The molecule has 0 bridgehead atoms. The van der Waals surface area contributed by atoms with Crippen LogP contribution in [-0.4, -0.2) is 186 Å². The van der Waals surface area contributed by atoms with E-state index in [9.17, 15) is 58.5 Å². The van der Waals surface area contributed by atoms with Crippen LogP contribution in [0, 0.1) is 5.92 Å². The Morgan fingerprint density at radius 3 is 1.82 bits per heavy atom. The number of aliphatic hydroxyl groups is 2. The number of carbonyl (C=O) groups excluding carboxylic acids is 8. The fourth-order valence-electron chi connectivity index (χ4n) is 8.59. The normalized spacial score (nSPS) is 16.6. The van der Waals surface area contributed by atoms with E-state index in [1.54, 1.807) is 44.2 Å². The van der Waals surface area contributed by atoms with Crippen LogP contribution in [0.3, 0.4) is 0 Å². The molecule has 8 amide bonds. The minimum atomic E-state index is -1.72. The number of aliphatic carboxylic acids is 1. The molecule has 0 unspecified atom stereocenters. The molecule has 1 aromatic carbocycles. The predicted octanol–water partition coefficient (Wildman–Crippen LogP) is -4.83. The molecule has 434 valence electrons. The van der Waals surface area contributed by atoms with Crippen LogP contribution in [-0.2, 0) is 62.4 Å². The first-order valence-electron chi connectivity index (χ1n) is 26.1. The summed E-state index contributed by atoms with van der Waals surface area (Å²) in [5.74, 6) is -8.85. The van der Waals surface area contributed by atoms with Gasteiger partial charge in [-0.1, -0.05) is 50.6 Å². The Hall–Kier alpha value is -8.02. The van der Waals surface area contributed by atoms with Gasteiger partial charge in [-0.2, -0.15) is 0 Å². The Bertz CT molecular complexity index is 2490. The lowest BCUT2D eigenvalue weighted by molar-refractivity contribution is -0.143. The summed E-state index contributed by atoms with van der Waals surface area (Å²) in [6.07, 6.45) is 5.50. The van der Waals surface area contributed by atoms with Gasteiger partial charge in [0.15, 0.2) is 5.96 Å². The van der Waals surface area contributed by atoms with Crippen LogP contribution in [0.1, 0.15) is 82.7 Å². The summed E-state index contributed by atoms with van der Waals surface area (Å²) >= 11 is 0. The van der Waals surface area contributed by atoms with Crippen molar-refractivity contribution in [3.8, 4) is 0 Å². The number of aromatic nitrogens is 4. The van der Waals surface area contributed by atoms with E-state index in [-0.39, 0.29) is 64.0 Å². The number of nitrogens with one attached hydrogen (secondary N) is 9. The summed E-state index contributed by atoms with van der Waals surface area (Å²) in [6.45, 7) is 4.12. The fourth-order valence-corrected chi connectivity index (χ4v) is 8.59. The first kappa shape index (κ1) is 63.5. The van der Waals surface area contributed by atoms with Crippen molar-refractivity contribution in [3.63, 3.8) is 0 Å². The van der Waals surface area contributed by atoms with E-state index < -0.39 is 126 Å². The van der Waals surface area contributed by atoms with Gasteiger partial charge in [0.25, 0.3) is 0 Å². The van der Waals surface area contributed by atoms with Crippen LogP contribution in [0.2, 0.25) is 0 Å². The van der Waals surface area contributed by atoms with E-state index in [1.807, 2.05) is 0 Å². The molecule has 79 heavy (non-hydrogen) atoms. The molecule has 29 heteroatoms. The number of carbonyl (C=O) groups is 9. The zero-order valence-electron chi connectivity index (χ0n) is 44.6. The van der Waals surface area contributed by atoms with Gasteiger partial charge in [0.05, 0.1) is 31.4 Å². The molecule has 10 atom stereocenters. The van der Waals surface area contributed by atoms with Gasteiger partial charge in [-0.25, -0.2) is 14.8 Å². The number of guanidine groups is 1. The Morgan fingerprint density at radius 1 is 0.696 bits per heavy atom. The summed E-state index contributed by atoms with van der Waals surface area (Å²) in [5.41, 5.74) is 23.6. The number of imidazole rings is 2. The number of nitrogens with two attached hydrogens (primary N) is 4. The average Bonchev–Trinajstić information content (AvgIpc) is 4.25. The highest BCUT2D eigenvalue weighted by Gasteiger charge is 2.41. The molecule has 4 rings (SSSR count). The van der Waals surface area contributed by atoms with Crippen molar-refractivity contribution >= 4 is 59.2 Å². The maximum absolute atomic E-state index is 14.6. The number of amides is 8. The quantitative estimate of drug-likeness (QED) is 0.0155. The number of aliphatic imine (C=N–C) groups is 1. The number of aromatic amines is 2. The molecule has 0 radical (unpaired) electrons. The number of aliphatic hydroxyl groups excluding tert-OH is 2. The maximum Gasteiger partial charge on any atom is 0.326 e. The van der Waals surface area contributed by atoms with Gasteiger partial charge in [-0.05, 0) is 63.5 Å². The standard InChI is InChI=1S/C50H77N17O12/c1-27(2)39(46(75)60-33(49(78)79)14-9-17-57-50(53)54)65-43(72)34(19-29-11-5-4-6-12-29)61-42(71)35(20-30-22-55-25-58-30)62-45(74)38-15-10-18-67(38)48(77)36(21-31-23-56-26-59-31)63-47(76)40(28(3)69)66-44(73)37(24-68)64-41(70)32(52)13-7-8-16-51/h4-6,11-12,22-23,25-28,32-40,68-69H,7-10,13-21,24,51-52H2,1-3H3,(H,55,58)(H,56,59)(H,60,75)(H,61,71)(H,62,74)(H,63,76)(H,64,70)(H,65,72)(H,66,73)(H,78,79)(H4,53,54,57)/t28-,32+,33+,34+,35+,36+,37+,38+,39+,40+/m1/s1. The zero-order chi connectivity index (χ0) is 58.2. The number of benzene rings is 1. The summed E-state index contributed by atoms with van der Waals surface area (Å²) in [7, 11) is 0. The number of unbranched alkanes of at least 4 members (excludes halogenated alkanes) is 1. The summed E-state index contributed by atoms with van der Waals surface area (Å²) in [4.78, 5) is 143. The van der Waals surface area contributed by atoms with E-state index in [0.29, 0.717) is 42.8 Å². The first-order chi connectivity index (χ1) is 37.6. The van der Waals surface area contributed by atoms with Crippen molar-refractivity contribution in [2.45, 2.75) is 145 Å². The second-order valence-corrected chi connectivity index (χ2v) is 19.6. The lowest BCUT2D eigenvalue weighted by Gasteiger charge is -2.31. The van der Waals surface area contributed by atoms with E-state index in [1.165, 1.54) is 36.9 Å². The van der Waals surface area contributed by atoms with E-state index in [4.69, 9.17) is 22.9 Å². The number of hydrogen-bond acceptors (Lipinski definition) is 16. The SMILES string of the molecule is CC(C)[C@H](NC(=O)[C@H](Cc1ccccc1)NC(=O)[C@H](Cc1cnc[nH]1)NC(=O)[C@@H]1CCCN1C(=O)[C@H](Cc1cnc[nH]1)NC(=O)[C@@H](NC(=O)[C@H](CO)NC(=O)[C@@H](N)CCCCN)[C@@H](C)O)C(=O)N[C@@H](CCCN=C(N)N)C(=O)O. The number of carboxylic acid groups (broad SMARTS) is 1. The second kappa shape index (κ2) is 32.0. The van der Waals surface area contributed by atoms with Crippen molar-refractivity contribution in [1.82, 2.24) is 62.1 Å². The zero-order valence-corrected chi connectivity index (χ0v) is 44.6. The highest BCUT2D eigenvalue weighted by Crippen LogP contribution is 2.21. The van der Waals surface area contributed by atoms with Crippen molar-refractivity contribution in [2.75, 3.05) is 26.2 Å². The van der Waals surface area contributed by atoms with Crippen LogP contribution in [0.15, 0.2) is 60.4 Å². The molecular formula is C50H77N17O12. The van der Waals surface area contributed by atoms with Crippen LogP contribution >= 0.6 is 0 Å². The predicted molar refractivity (Wildman–Crippen MR) is 285 cm³/mol. The first-order valence-corrected chi connectivity index (χ1v) is 26.1. The van der Waals surface area contributed by atoms with Gasteiger partial charge in [0.2, 0.25) is 47.3 Å². The lowest BCUT2D eigenvalue weighted by Crippen LogP contribution is -2.62. The third-order valence-electron chi connectivity index (χ3n) is 13.0. The Balaban J connectivity index is 1.56. The molecular weight excluding hydrogens is 1030 g/mol. The van der Waals surface area contributed by atoms with E-state index in [0.717, 1.165) is 0 Å².